The molecule has 1 amide bonds. The minimum Gasteiger partial charge on any atom is -0.393 e. The van der Waals surface area contributed by atoms with Gasteiger partial charge in [-0.2, -0.15) is 5.10 Å². The average molecular weight is 371 g/mol. The Hall–Kier alpha value is -2.65. The molecule has 2 bridgehead atoms. The summed E-state index contributed by atoms with van der Waals surface area (Å²) < 4.78 is 1.98. The zero-order valence-corrected chi connectivity index (χ0v) is 15.1. The largest absolute Gasteiger partial charge is 0.393 e. The predicted octanol–water partition coefficient (Wildman–Crippen LogP) is 0.290. The Labute approximate surface area is 157 Å². The van der Waals surface area contributed by atoms with Crippen molar-refractivity contribution in [2.45, 2.75) is 56.8 Å². The van der Waals surface area contributed by atoms with Crippen LogP contribution in [0.3, 0.4) is 0 Å². The molecular formula is C18H25N7O2. The smallest absolute Gasteiger partial charge is 0.254 e. The number of rotatable bonds is 4. The Kier molecular flexibility index (Phi) is 4.71. The van der Waals surface area contributed by atoms with Crippen LogP contribution in [0.1, 0.15) is 42.5 Å². The molecule has 2 fully saturated rings. The van der Waals surface area contributed by atoms with Gasteiger partial charge in [0, 0.05) is 30.6 Å². The number of amides is 1. The third kappa shape index (κ3) is 3.24. The van der Waals surface area contributed by atoms with Gasteiger partial charge in [-0.1, -0.05) is 0 Å². The normalized spacial score (nSPS) is 25.2. The molecule has 2 unspecified atom stereocenters. The summed E-state index contributed by atoms with van der Waals surface area (Å²) in [4.78, 5) is 19.5. The zero-order chi connectivity index (χ0) is 19.0. The average Bonchev–Trinajstić information content (AvgIpc) is 3.20. The van der Waals surface area contributed by atoms with Crippen LogP contribution in [0, 0.1) is 0 Å². The number of nitrogens with zero attached hydrogens (tertiary/aromatic N) is 4. The van der Waals surface area contributed by atoms with Crippen molar-refractivity contribution < 1.29 is 9.90 Å². The van der Waals surface area contributed by atoms with Crippen molar-refractivity contribution in [3.8, 4) is 0 Å². The van der Waals surface area contributed by atoms with Gasteiger partial charge in [0.1, 0.15) is 5.84 Å². The van der Waals surface area contributed by atoms with E-state index in [2.05, 4.69) is 15.5 Å². The maximum absolute atomic E-state index is 13.1. The second kappa shape index (κ2) is 7.16. The number of hydrazone groups is 1. The molecule has 9 nitrogen and oxygen atoms in total. The molecule has 0 radical (unpaired) electrons. The lowest BCUT2D eigenvalue weighted by Gasteiger charge is -2.37. The number of piperidine rings is 1. The topological polar surface area (TPSA) is 135 Å². The molecule has 9 heteroatoms. The molecule has 27 heavy (non-hydrogen) atoms. The van der Waals surface area contributed by atoms with Crippen molar-refractivity contribution in [2.24, 2.45) is 16.8 Å². The summed E-state index contributed by atoms with van der Waals surface area (Å²) in [5, 5.41) is 13.5. The van der Waals surface area contributed by atoms with Crippen LogP contribution >= 0.6 is 0 Å². The number of aromatic nitrogens is 2. The molecule has 1 aromatic heterocycles. The Bertz CT molecular complexity index is 864. The number of nitrogens with one attached hydrogen (secondary N) is 1. The van der Waals surface area contributed by atoms with Gasteiger partial charge in [-0.15, -0.1) is 0 Å². The van der Waals surface area contributed by atoms with E-state index in [-0.39, 0.29) is 24.1 Å². The number of imidazole rings is 1. The molecule has 144 valence electrons. The molecule has 6 N–H and O–H groups in total. The van der Waals surface area contributed by atoms with E-state index in [1.165, 1.54) is 0 Å². The fourth-order valence-electron chi connectivity index (χ4n) is 4.40. The molecule has 1 aromatic carbocycles. The van der Waals surface area contributed by atoms with E-state index in [9.17, 15) is 9.90 Å². The third-order valence-corrected chi connectivity index (χ3v) is 5.72. The lowest BCUT2D eigenvalue weighted by Crippen LogP contribution is -2.48. The molecule has 2 atom stereocenters. The van der Waals surface area contributed by atoms with Gasteiger partial charge in [0.05, 0.1) is 23.5 Å². The Balaban J connectivity index is 1.53. The summed E-state index contributed by atoms with van der Waals surface area (Å²) >= 11 is 0. The number of aliphatic hydroxyl groups is 1. The highest BCUT2D eigenvalue weighted by Crippen LogP contribution is 2.37. The standard InChI is InChI=1S/C18H25N7O2/c19-22-17(23-20)5-6-24-10-21-15-7-11(1-4-16(15)24)18(27)25-12-2-3-13(25)9-14(26)8-12/h1,4,7,10,12-14,26H,2-3,5-6,8-9,19-20H2,(H,22,23). The van der Waals surface area contributed by atoms with E-state index in [0.29, 0.717) is 37.2 Å². The number of hydrogen-bond acceptors (Lipinski definition) is 6. The molecule has 0 saturated carbocycles. The van der Waals surface area contributed by atoms with Gasteiger partial charge in [-0.3, -0.25) is 4.79 Å². The van der Waals surface area contributed by atoms with Gasteiger partial charge in [-0.05, 0) is 43.9 Å². The predicted molar refractivity (Wildman–Crippen MR) is 102 cm³/mol. The fraction of sp³-hybridized carbons (Fsp3) is 0.500. The first-order chi connectivity index (χ1) is 13.1. The van der Waals surface area contributed by atoms with E-state index in [4.69, 9.17) is 11.7 Å². The summed E-state index contributed by atoms with van der Waals surface area (Å²) in [7, 11) is 0. The Morgan fingerprint density at radius 1 is 1.33 bits per heavy atom. The quantitative estimate of drug-likeness (QED) is 0.264. The third-order valence-electron chi connectivity index (χ3n) is 5.72. The van der Waals surface area contributed by atoms with Crippen molar-refractivity contribution in [3.63, 3.8) is 0 Å². The number of nitrogens with two attached hydrogens (primary N) is 2. The number of amidine groups is 1. The van der Waals surface area contributed by atoms with Crippen molar-refractivity contribution in [2.75, 3.05) is 0 Å². The number of carbonyl (C=O) groups excluding carboxylic acids is 1. The number of aliphatic hydroxyl groups excluding tert-OH is 1. The summed E-state index contributed by atoms with van der Waals surface area (Å²) in [5.74, 6) is 11.2. The van der Waals surface area contributed by atoms with Crippen LogP contribution in [-0.2, 0) is 6.54 Å². The van der Waals surface area contributed by atoms with Crippen LogP contribution in [0.25, 0.3) is 11.0 Å². The van der Waals surface area contributed by atoms with Crippen molar-refractivity contribution in [1.82, 2.24) is 19.9 Å². The van der Waals surface area contributed by atoms with Crippen LogP contribution in [0.15, 0.2) is 29.6 Å². The highest BCUT2D eigenvalue weighted by molar-refractivity contribution is 5.98. The SMILES string of the molecule is N/N=C(/CCn1cnc2cc(C(=O)N3C4CCC3CC(O)C4)ccc21)NN. The maximum atomic E-state index is 13.1. The first-order valence-corrected chi connectivity index (χ1v) is 9.29. The lowest BCUT2D eigenvalue weighted by molar-refractivity contribution is 0.0287. The van der Waals surface area contributed by atoms with Crippen LogP contribution in [0.2, 0.25) is 0 Å². The number of hydrogen-bond donors (Lipinski definition) is 4. The summed E-state index contributed by atoms with van der Waals surface area (Å²) in [5.41, 5.74) is 4.83. The molecule has 0 spiro atoms. The monoisotopic (exact) mass is 371 g/mol. The van der Waals surface area contributed by atoms with Crippen molar-refractivity contribution in [1.29, 1.82) is 0 Å². The molecule has 2 aliphatic heterocycles. The Morgan fingerprint density at radius 2 is 2.07 bits per heavy atom. The highest BCUT2D eigenvalue weighted by atomic mass is 16.3. The Morgan fingerprint density at radius 3 is 2.74 bits per heavy atom. The molecule has 2 aliphatic rings. The van der Waals surface area contributed by atoms with Crippen molar-refractivity contribution in [3.05, 3.63) is 30.1 Å². The summed E-state index contributed by atoms with van der Waals surface area (Å²) in [6.45, 7) is 0.623. The number of carbonyl (C=O) groups is 1. The van der Waals surface area contributed by atoms with Gasteiger partial charge in [-0.25, -0.2) is 10.8 Å². The number of hydrazine groups is 1. The second-order valence-electron chi connectivity index (χ2n) is 7.33. The molecule has 3 heterocycles. The van der Waals surface area contributed by atoms with Crippen molar-refractivity contribution >= 4 is 22.8 Å². The van der Waals surface area contributed by atoms with Crippen LogP contribution in [0.5, 0.6) is 0 Å². The van der Waals surface area contributed by atoms with Gasteiger partial charge in [0.15, 0.2) is 0 Å². The molecule has 2 aromatic rings. The maximum Gasteiger partial charge on any atom is 0.254 e. The van der Waals surface area contributed by atoms with Gasteiger partial charge >= 0.3 is 0 Å². The fourth-order valence-corrected chi connectivity index (χ4v) is 4.40. The summed E-state index contributed by atoms with van der Waals surface area (Å²) in [6.07, 6.45) is 5.33. The second-order valence-corrected chi connectivity index (χ2v) is 7.33. The van der Waals surface area contributed by atoms with E-state index >= 15 is 0 Å². The highest BCUT2D eigenvalue weighted by Gasteiger charge is 2.42. The zero-order valence-electron chi connectivity index (χ0n) is 15.1. The van der Waals surface area contributed by atoms with Gasteiger partial charge in [0.2, 0.25) is 0 Å². The first kappa shape index (κ1) is 17.7. The minimum absolute atomic E-state index is 0.0377. The molecule has 4 rings (SSSR count). The number of fused-ring (bicyclic) bond motifs is 3. The minimum atomic E-state index is -0.283. The summed E-state index contributed by atoms with van der Waals surface area (Å²) in [6, 6.07) is 5.92. The van der Waals surface area contributed by atoms with E-state index in [1.807, 2.05) is 27.7 Å². The van der Waals surface area contributed by atoms with E-state index < -0.39 is 0 Å². The molecule has 2 saturated heterocycles. The number of benzene rings is 1. The van der Waals surface area contributed by atoms with Crippen LogP contribution in [-0.4, -0.2) is 49.5 Å². The van der Waals surface area contributed by atoms with Gasteiger partial charge < -0.3 is 25.8 Å². The molecule has 0 aliphatic carbocycles. The number of aryl methyl sites for hydroxylation is 1. The molecular weight excluding hydrogens is 346 g/mol. The van der Waals surface area contributed by atoms with Crippen LogP contribution in [0.4, 0.5) is 0 Å². The van der Waals surface area contributed by atoms with E-state index in [0.717, 1.165) is 23.9 Å². The lowest BCUT2D eigenvalue weighted by atomic mass is 9.98. The van der Waals surface area contributed by atoms with Crippen LogP contribution < -0.4 is 17.1 Å². The van der Waals surface area contributed by atoms with Gasteiger partial charge in [0.25, 0.3) is 5.91 Å². The first-order valence-electron chi connectivity index (χ1n) is 9.29. The van der Waals surface area contributed by atoms with E-state index in [1.54, 1.807) is 6.33 Å².